The topological polar surface area (TPSA) is 95.1 Å². The Balaban J connectivity index is 1.78. The van der Waals surface area contributed by atoms with Crippen LogP contribution in [0.15, 0.2) is 22.2 Å². The highest BCUT2D eigenvalue weighted by atomic mass is 32.2. The summed E-state index contributed by atoms with van der Waals surface area (Å²) in [5.74, 6) is -0.221. The summed E-state index contributed by atoms with van der Waals surface area (Å²) in [6.45, 7) is 0. The maximum Gasteiger partial charge on any atom is 0.320 e. The number of hydrogen-bond acceptors (Lipinski definition) is 5. The molecule has 1 unspecified atom stereocenters. The molecule has 0 aliphatic heterocycles. The molecular formula is C11H15N3O3S. The van der Waals surface area contributed by atoms with Gasteiger partial charge in [-0.05, 0) is 19.3 Å². The van der Waals surface area contributed by atoms with Crippen LogP contribution in [0.2, 0.25) is 0 Å². The fourth-order valence-electron chi connectivity index (χ4n) is 1.51. The Hall–Kier alpha value is -1.34. The second-order valence-corrected chi connectivity index (χ2v) is 5.29. The van der Waals surface area contributed by atoms with Crippen molar-refractivity contribution in [3.63, 3.8) is 0 Å². The predicted octanol–water partition coefficient (Wildman–Crippen LogP) is 0.457. The van der Waals surface area contributed by atoms with Crippen molar-refractivity contribution in [3.8, 4) is 0 Å². The lowest BCUT2D eigenvalue weighted by Gasteiger charge is -2.12. The van der Waals surface area contributed by atoms with Gasteiger partial charge in [0.25, 0.3) is 5.56 Å². The highest BCUT2D eigenvalue weighted by molar-refractivity contribution is 7.99. The van der Waals surface area contributed by atoms with Crippen LogP contribution in [0.1, 0.15) is 19.3 Å². The summed E-state index contributed by atoms with van der Waals surface area (Å²) in [4.78, 5) is 28.6. The lowest BCUT2D eigenvalue weighted by Crippen LogP contribution is -2.38. The van der Waals surface area contributed by atoms with E-state index in [0.29, 0.717) is 23.4 Å². The van der Waals surface area contributed by atoms with Gasteiger partial charge in [-0.3, -0.25) is 9.59 Å². The largest absolute Gasteiger partial charge is 0.480 e. The van der Waals surface area contributed by atoms with Crippen LogP contribution >= 0.6 is 11.8 Å². The van der Waals surface area contributed by atoms with Gasteiger partial charge in [0, 0.05) is 24.1 Å². The summed E-state index contributed by atoms with van der Waals surface area (Å²) in [5.41, 5.74) is -0.196. The van der Waals surface area contributed by atoms with Gasteiger partial charge in [0.2, 0.25) is 0 Å². The average Bonchev–Trinajstić information content (AvgIpc) is 3.11. The minimum atomic E-state index is -0.822. The predicted molar refractivity (Wildman–Crippen MR) is 67.8 cm³/mol. The first kappa shape index (κ1) is 13.1. The fourth-order valence-corrected chi connectivity index (χ4v) is 2.37. The first-order chi connectivity index (χ1) is 8.65. The van der Waals surface area contributed by atoms with Crippen LogP contribution in [-0.4, -0.2) is 38.9 Å². The van der Waals surface area contributed by atoms with E-state index in [1.807, 2.05) is 0 Å². The number of rotatable bonds is 7. The summed E-state index contributed by atoms with van der Waals surface area (Å²) in [6, 6.07) is 1.20. The monoisotopic (exact) mass is 269 g/mol. The molecular weight excluding hydrogens is 254 g/mol. The molecule has 18 heavy (non-hydrogen) atoms. The Morgan fingerprint density at radius 2 is 2.44 bits per heavy atom. The van der Waals surface area contributed by atoms with Crippen LogP contribution in [0.3, 0.4) is 0 Å². The summed E-state index contributed by atoms with van der Waals surface area (Å²) in [6.07, 6.45) is 4.07. The zero-order valence-electron chi connectivity index (χ0n) is 9.76. The number of H-pyrrole nitrogens is 1. The van der Waals surface area contributed by atoms with E-state index in [4.69, 9.17) is 5.11 Å². The Morgan fingerprint density at radius 1 is 1.67 bits per heavy atom. The number of aliphatic carboxylic acids is 1. The molecule has 6 nitrogen and oxygen atoms in total. The van der Waals surface area contributed by atoms with Crippen LogP contribution in [0.25, 0.3) is 0 Å². The Morgan fingerprint density at radius 3 is 3.06 bits per heavy atom. The maximum atomic E-state index is 11.0. The molecule has 3 N–H and O–H groups in total. The molecule has 1 fully saturated rings. The van der Waals surface area contributed by atoms with Crippen molar-refractivity contribution < 1.29 is 9.90 Å². The molecule has 0 radical (unpaired) electrons. The van der Waals surface area contributed by atoms with E-state index in [-0.39, 0.29) is 5.56 Å². The van der Waals surface area contributed by atoms with Gasteiger partial charge < -0.3 is 15.4 Å². The van der Waals surface area contributed by atoms with E-state index in [1.54, 1.807) is 0 Å². The molecule has 1 aliphatic rings. The van der Waals surface area contributed by atoms with Gasteiger partial charge in [-0.1, -0.05) is 11.8 Å². The molecule has 1 heterocycles. The minimum absolute atomic E-state index is 0.196. The number of nitrogens with zero attached hydrogens (tertiary/aromatic N) is 1. The molecule has 7 heteroatoms. The van der Waals surface area contributed by atoms with E-state index < -0.39 is 12.0 Å². The van der Waals surface area contributed by atoms with Crippen LogP contribution < -0.4 is 10.9 Å². The van der Waals surface area contributed by atoms with Crippen LogP contribution in [0.5, 0.6) is 0 Å². The number of carbonyl (C=O) groups is 1. The van der Waals surface area contributed by atoms with Crippen LogP contribution in [0, 0.1) is 0 Å². The average molecular weight is 269 g/mol. The smallest absolute Gasteiger partial charge is 0.320 e. The normalized spacial score (nSPS) is 16.4. The molecule has 0 saturated heterocycles. The van der Waals surface area contributed by atoms with Crippen molar-refractivity contribution in [2.24, 2.45) is 0 Å². The van der Waals surface area contributed by atoms with Crippen molar-refractivity contribution in [1.29, 1.82) is 0 Å². The van der Waals surface area contributed by atoms with E-state index in [9.17, 15) is 9.59 Å². The molecule has 0 aromatic carbocycles. The number of thioether (sulfide) groups is 1. The van der Waals surface area contributed by atoms with Gasteiger partial charge in [-0.25, -0.2) is 4.98 Å². The van der Waals surface area contributed by atoms with Crippen molar-refractivity contribution in [1.82, 2.24) is 15.3 Å². The number of aromatic nitrogens is 2. The fraction of sp³-hybridized carbons (Fsp3) is 0.545. The first-order valence-electron chi connectivity index (χ1n) is 5.82. The molecule has 1 aliphatic carbocycles. The lowest BCUT2D eigenvalue weighted by atomic mass is 10.2. The van der Waals surface area contributed by atoms with Gasteiger partial charge in [-0.2, -0.15) is 0 Å². The SMILES string of the molecule is O=C(O)C(CCSc1nccc(=O)[nH]1)NC1CC1. The molecule has 1 aromatic heterocycles. The van der Waals surface area contributed by atoms with Crippen molar-refractivity contribution in [3.05, 3.63) is 22.6 Å². The molecule has 0 spiro atoms. The molecule has 0 bridgehead atoms. The molecule has 1 saturated carbocycles. The van der Waals surface area contributed by atoms with E-state index in [1.165, 1.54) is 24.0 Å². The zero-order chi connectivity index (χ0) is 13.0. The van der Waals surface area contributed by atoms with E-state index >= 15 is 0 Å². The quantitative estimate of drug-likeness (QED) is 0.491. The van der Waals surface area contributed by atoms with Gasteiger partial charge in [0.05, 0.1) is 0 Å². The number of aromatic amines is 1. The van der Waals surface area contributed by atoms with Crippen LogP contribution in [0.4, 0.5) is 0 Å². The summed E-state index contributed by atoms with van der Waals surface area (Å²) < 4.78 is 0. The Labute approximate surface area is 108 Å². The summed E-state index contributed by atoms with van der Waals surface area (Å²) in [5, 5.41) is 12.7. The maximum absolute atomic E-state index is 11.0. The van der Waals surface area contributed by atoms with Gasteiger partial charge in [-0.15, -0.1) is 0 Å². The number of carboxylic acid groups (broad SMARTS) is 1. The molecule has 0 amide bonds. The lowest BCUT2D eigenvalue weighted by molar-refractivity contribution is -0.139. The number of nitrogens with one attached hydrogen (secondary N) is 2. The molecule has 1 atom stereocenters. The van der Waals surface area contributed by atoms with Gasteiger partial charge >= 0.3 is 5.97 Å². The minimum Gasteiger partial charge on any atom is -0.480 e. The van der Waals surface area contributed by atoms with Crippen LogP contribution in [-0.2, 0) is 4.79 Å². The molecule has 1 aromatic rings. The highest BCUT2D eigenvalue weighted by Gasteiger charge is 2.27. The second kappa shape index (κ2) is 6.01. The standard InChI is InChI=1S/C11H15N3O3S/c15-9-3-5-12-11(14-9)18-6-4-8(10(16)17)13-7-1-2-7/h3,5,7-8,13H,1-2,4,6H2,(H,16,17)(H,12,14,15). The van der Waals surface area contributed by atoms with Crippen molar-refractivity contribution in [2.75, 3.05) is 5.75 Å². The highest BCUT2D eigenvalue weighted by Crippen LogP contribution is 2.21. The molecule has 98 valence electrons. The van der Waals surface area contributed by atoms with Gasteiger partial charge in [0.1, 0.15) is 6.04 Å². The summed E-state index contributed by atoms with van der Waals surface area (Å²) >= 11 is 1.36. The Kier molecular flexibility index (Phi) is 4.38. The molecule has 2 rings (SSSR count). The summed E-state index contributed by atoms with van der Waals surface area (Å²) in [7, 11) is 0. The number of hydrogen-bond donors (Lipinski definition) is 3. The first-order valence-corrected chi connectivity index (χ1v) is 6.80. The van der Waals surface area contributed by atoms with Crippen molar-refractivity contribution >= 4 is 17.7 Å². The third-order valence-corrected chi connectivity index (χ3v) is 3.53. The third-order valence-electron chi connectivity index (χ3n) is 2.61. The van der Waals surface area contributed by atoms with Crippen molar-refractivity contribution in [2.45, 2.75) is 36.5 Å². The second-order valence-electron chi connectivity index (χ2n) is 4.21. The number of carboxylic acids is 1. The zero-order valence-corrected chi connectivity index (χ0v) is 10.6. The van der Waals surface area contributed by atoms with E-state index in [0.717, 1.165) is 12.8 Å². The van der Waals surface area contributed by atoms with E-state index in [2.05, 4.69) is 15.3 Å². The Bertz CT molecular complexity index is 473. The third kappa shape index (κ3) is 4.15. The van der Waals surface area contributed by atoms with Gasteiger partial charge in [0.15, 0.2) is 5.16 Å².